The van der Waals surface area contributed by atoms with Crippen LogP contribution in [0.5, 0.6) is 0 Å². The van der Waals surface area contributed by atoms with E-state index in [1.807, 2.05) is 0 Å². The summed E-state index contributed by atoms with van der Waals surface area (Å²) in [6, 6.07) is 0. The van der Waals surface area contributed by atoms with Crippen LogP contribution >= 0.6 is 0 Å². The van der Waals surface area contributed by atoms with Gasteiger partial charge in [0.2, 0.25) is 0 Å². The van der Waals surface area contributed by atoms with Gasteiger partial charge in [-0.3, -0.25) is 0 Å². The number of rotatable bonds is 0. The van der Waals surface area contributed by atoms with Crippen molar-refractivity contribution in [2.45, 2.75) is 34.6 Å². The van der Waals surface area contributed by atoms with E-state index in [1.54, 1.807) is 14.9 Å². The molecule has 0 radical (unpaired) electrons. The van der Waals surface area contributed by atoms with Crippen molar-refractivity contribution >= 4 is 0 Å². The SMILES string of the molecule is CC1=C(C)C(C)(C)[C]([Ta+4])=C1C.[Cl-].[Cl-].[Cl-].[Cl-]. The second-order valence-corrected chi connectivity index (χ2v) is 5.46. The van der Waals surface area contributed by atoms with Gasteiger partial charge >= 0.3 is 81.6 Å². The molecule has 0 atom stereocenters. The largest absolute Gasteiger partial charge is 1.00 e. The van der Waals surface area contributed by atoms with Crippen molar-refractivity contribution in [1.82, 2.24) is 0 Å². The van der Waals surface area contributed by atoms with Crippen molar-refractivity contribution in [3.05, 3.63) is 20.5 Å². The fourth-order valence-corrected chi connectivity index (χ4v) is 2.78. The topological polar surface area (TPSA) is 0 Å². The van der Waals surface area contributed by atoms with Gasteiger partial charge in [0.15, 0.2) is 0 Å². The van der Waals surface area contributed by atoms with E-state index in [9.17, 15) is 0 Å². The van der Waals surface area contributed by atoms with E-state index in [1.165, 1.54) is 26.6 Å². The molecule has 0 aliphatic heterocycles. The maximum Gasteiger partial charge on any atom is -1.00 e. The fourth-order valence-electron chi connectivity index (χ4n) is 1.57. The minimum absolute atomic E-state index is 0. The molecule has 5 heteroatoms. The van der Waals surface area contributed by atoms with Crippen molar-refractivity contribution in [3.63, 3.8) is 0 Å². The summed E-state index contributed by atoms with van der Waals surface area (Å²) in [6.07, 6.45) is 0. The van der Waals surface area contributed by atoms with E-state index >= 15 is 0 Å². The van der Waals surface area contributed by atoms with Crippen LogP contribution in [0.15, 0.2) is 20.5 Å². The molecule has 0 fully saturated rings. The zero-order valence-corrected chi connectivity index (χ0v) is 15.7. The van der Waals surface area contributed by atoms with Gasteiger partial charge in [0, 0.05) is 0 Å². The van der Waals surface area contributed by atoms with Crippen LogP contribution in [-0.2, 0) is 21.1 Å². The van der Waals surface area contributed by atoms with Crippen molar-refractivity contribution in [3.8, 4) is 0 Å². The Kier molecular flexibility index (Phi) is 14.3. The molecule has 1 aliphatic carbocycles. The number of allylic oxidation sites excluding steroid dienone is 4. The van der Waals surface area contributed by atoms with Gasteiger partial charge in [-0.2, -0.15) is 0 Å². The zero-order valence-electron chi connectivity index (χ0n) is 9.46. The Morgan fingerprint density at radius 1 is 0.800 bits per heavy atom. The maximum atomic E-state index is 2.33. The van der Waals surface area contributed by atoms with E-state index in [-0.39, 0.29) is 49.6 Å². The number of hydrogen-bond donors (Lipinski definition) is 0. The Hall–Kier alpha value is 1.38. The zero-order chi connectivity index (χ0) is 8.81. The van der Waals surface area contributed by atoms with Crippen LogP contribution in [-0.4, -0.2) is 0 Å². The number of halogens is 4. The third-order valence-corrected chi connectivity index (χ3v) is 6.22. The maximum absolute atomic E-state index is 2.33. The minimum Gasteiger partial charge on any atom is -1.00 e. The van der Waals surface area contributed by atoms with E-state index in [0.29, 0.717) is 5.41 Å². The van der Waals surface area contributed by atoms with Gasteiger partial charge in [-0.05, 0) is 0 Å². The third-order valence-electron chi connectivity index (χ3n) is 3.01. The van der Waals surface area contributed by atoms with Crippen LogP contribution in [0.4, 0.5) is 0 Å². The Bertz CT molecular complexity index is 241. The summed E-state index contributed by atoms with van der Waals surface area (Å²) in [5, 5.41) is 0. The van der Waals surface area contributed by atoms with Crippen molar-refractivity contribution in [2.75, 3.05) is 0 Å². The standard InChI is InChI=1S/C10H15.4ClH.Ta/c1-7-6-10(4,5)9(3)8(7)2;;;;;/h1-5H3;4*1H;/q;;;;;+4/p-4. The molecule has 0 nitrogen and oxygen atoms in total. The summed E-state index contributed by atoms with van der Waals surface area (Å²) in [5.74, 6) is 0. The molecule has 0 heterocycles. The van der Waals surface area contributed by atoms with Gasteiger partial charge in [0.25, 0.3) is 0 Å². The van der Waals surface area contributed by atoms with Crippen LogP contribution < -0.4 is 49.6 Å². The molecule has 0 saturated carbocycles. The molecule has 0 aromatic rings. The molecule has 15 heavy (non-hydrogen) atoms. The molecular formula is C10H15Cl4Ta. The first kappa shape index (κ1) is 25.3. The van der Waals surface area contributed by atoms with Gasteiger partial charge in [0.1, 0.15) is 0 Å². The molecule has 1 rings (SSSR count). The van der Waals surface area contributed by atoms with Gasteiger partial charge in [0.05, 0.1) is 0 Å². The Labute approximate surface area is 130 Å². The molecule has 0 unspecified atom stereocenters. The first-order valence-electron chi connectivity index (χ1n) is 3.97. The van der Waals surface area contributed by atoms with Gasteiger partial charge in [-0.15, -0.1) is 0 Å². The van der Waals surface area contributed by atoms with Gasteiger partial charge in [-0.1, -0.05) is 0 Å². The number of hydrogen-bond acceptors (Lipinski definition) is 0. The molecule has 0 spiro atoms. The van der Waals surface area contributed by atoms with Crippen LogP contribution in [0.2, 0.25) is 0 Å². The average molecular weight is 458 g/mol. The monoisotopic (exact) mass is 456 g/mol. The summed E-state index contributed by atoms with van der Waals surface area (Å²) < 4.78 is 1.65. The molecule has 0 saturated heterocycles. The Morgan fingerprint density at radius 3 is 1.20 bits per heavy atom. The predicted octanol–water partition coefficient (Wildman–Crippen LogP) is -8.80. The minimum atomic E-state index is 0. The van der Waals surface area contributed by atoms with Crippen molar-refractivity contribution in [1.29, 1.82) is 0 Å². The average Bonchev–Trinajstić information content (AvgIpc) is 2.06. The van der Waals surface area contributed by atoms with E-state index < -0.39 is 0 Å². The van der Waals surface area contributed by atoms with E-state index in [0.717, 1.165) is 0 Å². The molecular weight excluding hydrogens is 443 g/mol. The Balaban J connectivity index is -0.000000151. The molecule has 0 bridgehead atoms. The van der Waals surface area contributed by atoms with E-state index in [2.05, 4.69) is 34.6 Å². The smallest absolute Gasteiger partial charge is 1.00 e. The first-order valence-corrected chi connectivity index (χ1v) is 5.58. The normalized spacial score (nSPS) is 17.3. The molecule has 0 N–H and O–H groups in total. The summed E-state index contributed by atoms with van der Waals surface area (Å²) in [7, 11) is 0. The fraction of sp³-hybridized carbons (Fsp3) is 0.600. The van der Waals surface area contributed by atoms with Crippen LogP contribution in [0.1, 0.15) is 34.6 Å². The van der Waals surface area contributed by atoms with Crippen LogP contribution in [0.25, 0.3) is 0 Å². The second-order valence-electron chi connectivity index (χ2n) is 3.85. The summed E-state index contributed by atoms with van der Waals surface area (Å²) in [5.41, 5.74) is 4.99. The molecule has 0 aromatic carbocycles. The second kappa shape index (κ2) is 8.47. The molecule has 1 aliphatic rings. The van der Waals surface area contributed by atoms with Crippen molar-refractivity contribution < 1.29 is 70.7 Å². The van der Waals surface area contributed by atoms with Gasteiger partial charge in [-0.25, -0.2) is 0 Å². The molecule has 88 valence electrons. The predicted molar refractivity (Wildman–Crippen MR) is 44.9 cm³/mol. The van der Waals surface area contributed by atoms with Crippen LogP contribution in [0, 0.1) is 5.41 Å². The van der Waals surface area contributed by atoms with E-state index in [4.69, 9.17) is 0 Å². The Morgan fingerprint density at radius 2 is 1.13 bits per heavy atom. The summed E-state index contributed by atoms with van der Waals surface area (Å²) in [4.78, 5) is 0. The molecule has 0 aromatic heterocycles. The van der Waals surface area contributed by atoms with Crippen LogP contribution in [0.3, 0.4) is 0 Å². The first-order chi connectivity index (χ1) is 4.89. The van der Waals surface area contributed by atoms with Gasteiger partial charge < -0.3 is 49.6 Å². The quantitative estimate of drug-likeness (QED) is 0.339. The summed E-state index contributed by atoms with van der Waals surface area (Å²) >= 11 is 1.42. The van der Waals surface area contributed by atoms with Crippen molar-refractivity contribution in [2.24, 2.45) is 5.41 Å². The summed E-state index contributed by atoms with van der Waals surface area (Å²) in [6.45, 7) is 11.4. The third kappa shape index (κ3) is 4.27. The molecule has 0 amide bonds.